The molecule has 1 atom stereocenters. The fourth-order valence-electron chi connectivity index (χ4n) is 0.462. The van der Waals surface area contributed by atoms with E-state index in [9.17, 15) is 9.18 Å². The SMILES string of the molecule is C=CC(CCF)OC(=O)O. The largest absolute Gasteiger partial charge is 0.506 e. The maximum absolute atomic E-state index is 11.6. The van der Waals surface area contributed by atoms with E-state index >= 15 is 0 Å². The normalized spacial score (nSPS) is 12.1. The first kappa shape index (κ1) is 8.94. The zero-order valence-corrected chi connectivity index (χ0v) is 5.42. The van der Waals surface area contributed by atoms with Crippen molar-refractivity contribution in [3.05, 3.63) is 12.7 Å². The summed E-state index contributed by atoms with van der Waals surface area (Å²) in [6, 6.07) is 0. The lowest BCUT2D eigenvalue weighted by Gasteiger charge is -2.07. The minimum Gasteiger partial charge on any atom is -0.450 e. The molecule has 3 nitrogen and oxygen atoms in total. The molecule has 0 rings (SSSR count). The first-order valence-corrected chi connectivity index (χ1v) is 2.78. The van der Waals surface area contributed by atoms with E-state index in [4.69, 9.17) is 5.11 Å². The number of ether oxygens (including phenoxy) is 1. The number of halogens is 1. The second-order valence-corrected chi connectivity index (χ2v) is 1.64. The Kier molecular flexibility index (Phi) is 4.28. The van der Waals surface area contributed by atoms with Crippen LogP contribution in [0, 0.1) is 0 Å². The van der Waals surface area contributed by atoms with E-state index in [0.717, 1.165) is 0 Å². The summed E-state index contributed by atoms with van der Waals surface area (Å²) in [5.41, 5.74) is 0. The molecule has 0 saturated heterocycles. The van der Waals surface area contributed by atoms with Gasteiger partial charge in [0.15, 0.2) is 0 Å². The predicted molar refractivity (Wildman–Crippen MR) is 33.7 cm³/mol. The third kappa shape index (κ3) is 3.88. The van der Waals surface area contributed by atoms with E-state index in [2.05, 4.69) is 11.3 Å². The third-order valence-corrected chi connectivity index (χ3v) is 0.909. The summed E-state index contributed by atoms with van der Waals surface area (Å²) < 4.78 is 15.8. The Morgan fingerprint density at radius 1 is 1.90 bits per heavy atom. The van der Waals surface area contributed by atoms with E-state index in [0.29, 0.717) is 0 Å². The highest BCUT2D eigenvalue weighted by Crippen LogP contribution is 1.99. The van der Waals surface area contributed by atoms with Gasteiger partial charge < -0.3 is 9.84 Å². The summed E-state index contributed by atoms with van der Waals surface area (Å²) in [6.45, 7) is 2.67. The van der Waals surface area contributed by atoms with Gasteiger partial charge in [0.1, 0.15) is 6.10 Å². The average molecular weight is 148 g/mol. The number of hydrogen-bond acceptors (Lipinski definition) is 2. The molecule has 58 valence electrons. The highest BCUT2D eigenvalue weighted by Gasteiger charge is 2.07. The van der Waals surface area contributed by atoms with Gasteiger partial charge in [0, 0.05) is 6.42 Å². The van der Waals surface area contributed by atoms with Gasteiger partial charge in [-0.25, -0.2) is 4.79 Å². The fourth-order valence-corrected chi connectivity index (χ4v) is 0.462. The van der Waals surface area contributed by atoms with Crippen LogP contribution in [0.15, 0.2) is 12.7 Å². The lowest BCUT2D eigenvalue weighted by molar-refractivity contribution is 0.0641. The minimum atomic E-state index is -1.40. The fraction of sp³-hybridized carbons (Fsp3) is 0.500. The second-order valence-electron chi connectivity index (χ2n) is 1.64. The molecule has 0 aromatic heterocycles. The molecule has 0 radical (unpaired) electrons. The molecule has 0 spiro atoms. The molecular weight excluding hydrogens is 139 g/mol. The summed E-state index contributed by atoms with van der Waals surface area (Å²) >= 11 is 0. The van der Waals surface area contributed by atoms with Gasteiger partial charge in [-0.1, -0.05) is 12.7 Å². The molecule has 1 unspecified atom stereocenters. The zero-order chi connectivity index (χ0) is 7.98. The van der Waals surface area contributed by atoms with Crippen molar-refractivity contribution in [3.63, 3.8) is 0 Å². The van der Waals surface area contributed by atoms with Gasteiger partial charge in [0.05, 0.1) is 6.67 Å². The Morgan fingerprint density at radius 2 is 2.50 bits per heavy atom. The summed E-state index contributed by atoms with van der Waals surface area (Å²) in [7, 11) is 0. The maximum Gasteiger partial charge on any atom is 0.506 e. The number of carbonyl (C=O) groups is 1. The molecule has 0 amide bonds. The van der Waals surface area contributed by atoms with Crippen molar-refractivity contribution in [2.75, 3.05) is 6.67 Å². The van der Waals surface area contributed by atoms with Crippen LogP contribution in [0.3, 0.4) is 0 Å². The standard InChI is InChI=1S/C6H9FO3/c1-2-5(3-4-7)10-6(8)9/h2,5H,1,3-4H2,(H,8,9). The summed E-state index contributed by atoms with van der Waals surface area (Å²) in [5, 5.41) is 8.05. The summed E-state index contributed by atoms with van der Waals surface area (Å²) in [5.74, 6) is 0. The first-order chi connectivity index (χ1) is 4.70. The molecule has 0 bridgehead atoms. The van der Waals surface area contributed by atoms with Gasteiger partial charge >= 0.3 is 6.16 Å². The van der Waals surface area contributed by atoms with Gasteiger partial charge in [0.25, 0.3) is 0 Å². The molecule has 0 fully saturated rings. The summed E-state index contributed by atoms with van der Waals surface area (Å²) in [6.07, 6.45) is -0.829. The van der Waals surface area contributed by atoms with Crippen LogP contribution in [0.1, 0.15) is 6.42 Å². The van der Waals surface area contributed by atoms with Crippen LogP contribution >= 0.6 is 0 Å². The molecule has 0 heterocycles. The van der Waals surface area contributed by atoms with Crippen LogP contribution in [0.25, 0.3) is 0 Å². The van der Waals surface area contributed by atoms with Crippen LogP contribution < -0.4 is 0 Å². The Morgan fingerprint density at radius 3 is 2.80 bits per heavy atom. The van der Waals surface area contributed by atoms with Crippen molar-refractivity contribution in [2.24, 2.45) is 0 Å². The van der Waals surface area contributed by atoms with Crippen molar-refractivity contribution in [2.45, 2.75) is 12.5 Å². The zero-order valence-electron chi connectivity index (χ0n) is 5.42. The molecule has 0 aliphatic rings. The highest BCUT2D eigenvalue weighted by atomic mass is 19.1. The second kappa shape index (κ2) is 4.78. The lowest BCUT2D eigenvalue weighted by atomic mass is 10.3. The Balaban J connectivity index is 3.59. The van der Waals surface area contributed by atoms with Crippen molar-refractivity contribution in [1.29, 1.82) is 0 Å². The Hall–Kier alpha value is -1.06. The summed E-state index contributed by atoms with van der Waals surface area (Å²) in [4.78, 5) is 9.85. The van der Waals surface area contributed by atoms with Crippen LogP contribution in [0.4, 0.5) is 9.18 Å². The van der Waals surface area contributed by atoms with E-state index < -0.39 is 18.9 Å². The molecule has 10 heavy (non-hydrogen) atoms. The number of carboxylic acid groups (broad SMARTS) is 1. The molecule has 0 aliphatic carbocycles. The number of hydrogen-bond donors (Lipinski definition) is 1. The number of alkyl halides is 1. The molecule has 0 saturated carbocycles. The number of rotatable bonds is 4. The lowest BCUT2D eigenvalue weighted by Crippen LogP contribution is -2.14. The van der Waals surface area contributed by atoms with Gasteiger partial charge in [-0.15, -0.1) is 0 Å². The molecule has 1 N–H and O–H groups in total. The van der Waals surface area contributed by atoms with E-state index in [-0.39, 0.29) is 6.42 Å². The smallest absolute Gasteiger partial charge is 0.450 e. The van der Waals surface area contributed by atoms with Crippen LogP contribution in [0.2, 0.25) is 0 Å². The molecular formula is C6H9FO3. The predicted octanol–water partition coefficient (Wildman–Crippen LogP) is 1.60. The molecule has 4 heteroatoms. The quantitative estimate of drug-likeness (QED) is 0.486. The van der Waals surface area contributed by atoms with Crippen LogP contribution in [0.5, 0.6) is 0 Å². The van der Waals surface area contributed by atoms with Crippen molar-refractivity contribution < 1.29 is 19.0 Å². The topological polar surface area (TPSA) is 46.5 Å². The van der Waals surface area contributed by atoms with Gasteiger partial charge in [-0.2, -0.15) is 0 Å². The molecule has 0 aromatic rings. The van der Waals surface area contributed by atoms with E-state index in [1.807, 2.05) is 0 Å². The maximum atomic E-state index is 11.6. The van der Waals surface area contributed by atoms with E-state index in [1.165, 1.54) is 6.08 Å². The van der Waals surface area contributed by atoms with Gasteiger partial charge in [0.2, 0.25) is 0 Å². The van der Waals surface area contributed by atoms with Gasteiger partial charge in [-0.3, -0.25) is 4.39 Å². The van der Waals surface area contributed by atoms with Crippen LogP contribution in [-0.2, 0) is 4.74 Å². The Bertz CT molecular complexity index is 124. The third-order valence-electron chi connectivity index (χ3n) is 0.909. The molecule has 0 aliphatic heterocycles. The van der Waals surface area contributed by atoms with Crippen LogP contribution in [-0.4, -0.2) is 24.0 Å². The van der Waals surface area contributed by atoms with E-state index in [1.54, 1.807) is 0 Å². The average Bonchev–Trinajstić information content (AvgIpc) is 1.86. The molecule has 0 aromatic carbocycles. The monoisotopic (exact) mass is 148 g/mol. The minimum absolute atomic E-state index is 0.0375. The van der Waals surface area contributed by atoms with Crippen molar-refractivity contribution in [1.82, 2.24) is 0 Å². The van der Waals surface area contributed by atoms with Crippen molar-refractivity contribution in [3.8, 4) is 0 Å². The van der Waals surface area contributed by atoms with Crippen molar-refractivity contribution >= 4 is 6.16 Å². The Labute approximate surface area is 58.1 Å². The highest BCUT2D eigenvalue weighted by molar-refractivity contribution is 5.57. The van der Waals surface area contributed by atoms with Gasteiger partial charge in [-0.05, 0) is 0 Å². The first-order valence-electron chi connectivity index (χ1n) is 2.78.